The number of carbonyl (C=O) groups is 1. The Balaban J connectivity index is 3.36. The van der Waals surface area contributed by atoms with Crippen LogP contribution in [0.5, 0.6) is 5.75 Å². The number of esters is 1. The van der Waals surface area contributed by atoms with E-state index in [0.29, 0.717) is 5.75 Å². The molecule has 0 radical (unpaired) electrons. The summed E-state index contributed by atoms with van der Waals surface area (Å²) in [6.45, 7) is 0. The molecule has 0 bridgehead atoms. The maximum Gasteiger partial charge on any atom is 0.341 e. The van der Waals surface area contributed by atoms with E-state index in [-0.39, 0.29) is 16.8 Å². The van der Waals surface area contributed by atoms with E-state index in [2.05, 4.69) is 4.74 Å². The zero-order valence-corrected chi connectivity index (χ0v) is 8.40. The van der Waals surface area contributed by atoms with Gasteiger partial charge in [-0.3, -0.25) is 0 Å². The normalized spacial score (nSPS) is 9.13. The molecule has 0 aliphatic carbocycles. The van der Waals surface area contributed by atoms with E-state index >= 15 is 0 Å². The van der Waals surface area contributed by atoms with Gasteiger partial charge in [0, 0.05) is 6.07 Å². The molecule has 2 N–H and O–H groups in total. The minimum atomic E-state index is -0.566. The lowest BCUT2D eigenvalue weighted by Gasteiger charge is -2.08. The maximum atomic E-state index is 11.3. The van der Waals surface area contributed by atoms with Gasteiger partial charge in [0.1, 0.15) is 17.4 Å². The van der Waals surface area contributed by atoms with E-state index < -0.39 is 5.97 Å². The second-order valence-electron chi connectivity index (χ2n) is 2.74. The minimum Gasteiger partial charge on any atom is -0.496 e. The third-order valence-electron chi connectivity index (χ3n) is 1.90. The number of nitrogen functional groups attached to an aromatic ring is 1. The fraction of sp³-hybridized carbons (Fsp3) is 0.200. The molecular weight excluding hydrogens is 196 g/mol. The molecule has 0 unspecified atom stereocenters. The highest BCUT2D eigenvalue weighted by molar-refractivity contribution is 5.93. The van der Waals surface area contributed by atoms with E-state index in [1.807, 2.05) is 6.07 Å². The van der Waals surface area contributed by atoms with Crippen LogP contribution in [0.4, 0.5) is 5.69 Å². The maximum absolute atomic E-state index is 11.3. The SMILES string of the molecule is COC(=O)c1cc(C#N)c(N)cc1OC. The highest BCUT2D eigenvalue weighted by Gasteiger charge is 2.15. The monoisotopic (exact) mass is 206 g/mol. The molecule has 15 heavy (non-hydrogen) atoms. The van der Waals surface area contributed by atoms with Gasteiger partial charge in [-0.2, -0.15) is 5.26 Å². The summed E-state index contributed by atoms with van der Waals surface area (Å²) in [7, 11) is 2.66. The van der Waals surface area contributed by atoms with Crippen LogP contribution in [0, 0.1) is 11.3 Å². The molecule has 0 aromatic heterocycles. The van der Waals surface area contributed by atoms with Crippen molar-refractivity contribution in [1.82, 2.24) is 0 Å². The summed E-state index contributed by atoms with van der Waals surface area (Å²) in [5.74, 6) is -0.276. The molecular formula is C10H10N2O3. The Morgan fingerprint density at radius 3 is 2.60 bits per heavy atom. The van der Waals surface area contributed by atoms with Gasteiger partial charge in [0.25, 0.3) is 0 Å². The van der Waals surface area contributed by atoms with Crippen molar-refractivity contribution in [2.75, 3.05) is 20.0 Å². The second kappa shape index (κ2) is 4.33. The average molecular weight is 206 g/mol. The Morgan fingerprint density at radius 2 is 2.13 bits per heavy atom. The van der Waals surface area contributed by atoms with Crippen LogP contribution < -0.4 is 10.5 Å². The van der Waals surface area contributed by atoms with Crippen molar-refractivity contribution in [2.45, 2.75) is 0 Å². The van der Waals surface area contributed by atoms with Gasteiger partial charge in [0.05, 0.1) is 25.5 Å². The average Bonchev–Trinajstić information content (AvgIpc) is 2.27. The quantitative estimate of drug-likeness (QED) is 0.574. The van der Waals surface area contributed by atoms with Crippen LogP contribution >= 0.6 is 0 Å². The predicted octanol–water partition coefficient (Wildman–Crippen LogP) is 0.936. The van der Waals surface area contributed by atoms with Gasteiger partial charge in [0.15, 0.2) is 0 Å². The number of nitrogens with zero attached hydrogens (tertiary/aromatic N) is 1. The Labute approximate surface area is 87.0 Å². The van der Waals surface area contributed by atoms with E-state index in [1.54, 1.807) is 0 Å². The lowest BCUT2D eigenvalue weighted by Crippen LogP contribution is -2.06. The van der Waals surface area contributed by atoms with Crippen LogP contribution in [0.2, 0.25) is 0 Å². The lowest BCUT2D eigenvalue weighted by atomic mass is 10.1. The molecule has 0 spiro atoms. The van der Waals surface area contributed by atoms with Crippen LogP contribution in [-0.2, 0) is 4.74 Å². The van der Waals surface area contributed by atoms with E-state index in [9.17, 15) is 4.79 Å². The van der Waals surface area contributed by atoms with Crippen molar-refractivity contribution >= 4 is 11.7 Å². The van der Waals surface area contributed by atoms with Gasteiger partial charge in [-0.05, 0) is 6.07 Å². The molecule has 78 valence electrons. The molecule has 1 aromatic carbocycles. The molecule has 5 heteroatoms. The van der Waals surface area contributed by atoms with Gasteiger partial charge in [0.2, 0.25) is 0 Å². The first-order valence-corrected chi connectivity index (χ1v) is 4.10. The van der Waals surface area contributed by atoms with Crippen LogP contribution in [0.3, 0.4) is 0 Å². The summed E-state index contributed by atoms with van der Waals surface area (Å²) >= 11 is 0. The van der Waals surface area contributed by atoms with E-state index in [1.165, 1.54) is 26.4 Å². The number of hydrogen-bond donors (Lipinski definition) is 1. The Bertz CT molecular complexity index is 435. The number of nitriles is 1. The largest absolute Gasteiger partial charge is 0.496 e. The van der Waals surface area contributed by atoms with Crippen LogP contribution in [-0.4, -0.2) is 20.2 Å². The lowest BCUT2D eigenvalue weighted by molar-refractivity contribution is 0.0597. The zero-order chi connectivity index (χ0) is 11.4. The van der Waals surface area contributed by atoms with E-state index in [4.69, 9.17) is 15.7 Å². The molecule has 0 heterocycles. The number of ether oxygens (including phenoxy) is 2. The van der Waals surface area contributed by atoms with Gasteiger partial charge in [-0.1, -0.05) is 0 Å². The number of carbonyl (C=O) groups excluding carboxylic acids is 1. The number of hydrogen-bond acceptors (Lipinski definition) is 5. The van der Waals surface area contributed by atoms with Crippen LogP contribution in [0.15, 0.2) is 12.1 Å². The molecule has 0 saturated carbocycles. The number of nitrogens with two attached hydrogens (primary N) is 1. The first-order chi connectivity index (χ1) is 7.13. The van der Waals surface area contributed by atoms with Crippen molar-refractivity contribution in [3.8, 4) is 11.8 Å². The van der Waals surface area contributed by atoms with Gasteiger partial charge < -0.3 is 15.2 Å². The van der Waals surface area contributed by atoms with Crippen LogP contribution in [0.25, 0.3) is 0 Å². The number of methoxy groups -OCH3 is 2. The first-order valence-electron chi connectivity index (χ1n) is 4.10. The first kappa shape index (κ1) is 10.9. The van der Waals surface area contributed by atoms with Gasteiger partial charge >= 0.3 is 5.97 Å². The second-order valence-corrected chi connectivity index (χ2v) is 2.74. The number of benzene rings is 1. The topological polar surface area (TPSA) is 85.3 Å². The molecule has 0 atom stereocenters. The fourth-order valence-corrected chi connectivity index (χ4v) is 1.13. The molecule has 0 aliphatic rings. The standard InChI is InChI=1S/C10H10N2O3/c1-14-9-4-8(12)6(5-11)3-7(9)10(13)15-2/h3-4H,12H2,1-2H3. The summed E-state index contributed by atoms with van der Waals surface area (Å²) in [6.07, 6.45) is 0. The fourth-order valence-electron chi connectivity index (χ4n) is 1.13. The smallest absolute Gasteiger partial charge is 0.341 e. The van der Waals surface area contributed by atoms with Crippen molar-refractivity contribution in [2.24, 2.45) is 0 Å². The van der Waals surface area contributed by atoms with Gasteiger partial charge in [-0.25, -0.2) is 4.79 Å². The number of anilines is 1. The van der Waals surface area contributed by atoms with Crippen molar-refractivity contribution < 1.29 is 14.3 Å². The Kier molecular flexibility index (Phi) is 3.13. The highest BCUT2D eigenvalue weighted by Crippen LogP contribution is 2.25. The summed E-state index contributed by atoms with van der Waals surface area (Å²) in [5.41, 5.74) is 6.23. The molecule has 5 nitrogen and oxygen atoms in total. The van der Waals surface area contributed by atoms with Gasteiger partial charge in [-0.15, -0.1) is 0 Å². The third-order valence-corrected chi connectivity index (χ3v) is 1.90. The molecule has 0 fully saturated rings. The van der Waals surface area contributed by atoms with Crippen molar-refractivity contribution in [3.63, 3.8) is 0 Å². The summed E-state index contributed by atoms with van der Waals surface area (Å²) in [5, 5.41) is 8.74. The third kappa shape index (κ3) is 1.99. The summed E-state index contributed by atoms with van der Waals surface area (Å²) < 4.78 is 9.51. The molecule has 1 rings (SSSR count). The number of rotatable bonds is 2. The van der Waals surface area contributed by atoms with Crippen LogP contribution in [0.1, 0.15) is 15.9 Å². The van der Waals surface area contributed by atoms with Crippen molar-refractivity contribution in [3.05, 3.63) is 23.3 Å². The Morgan fingerprint density at radius 1 is 1.47 bits per heavy atom. The van der Waals surface area contributed by atoms with E-state index in [0.717, 1.165) is 0 Å². The summed E-state index contributed by atoms with van der Waals surface area (Å²) in [4.78, 5) is 11.3. The molecule has 0 amide bonds. The molecule has 0 saturated heterocycles. The Hall–Kier alpha value is -2.22. The van der Waals surface area contributed by atoms with Crippen molar-refractivity contribution in [1.29, 1.82) is 5.26 Å². The zero-order valence-electron chi connectivity index (χ0n) is 8.40. The highest BCUT2D eigenvalue weighted by atomic mass is 16.5. The minimum absolute atomic E-state index is 0.186. The predicted molar refractivity (Wildman–Crippen MR) is 53.5 cm³/mol. The molecule has 0 aliphatic heterocycles. The molecule has 1 aromatic rings. The summed E-state index contributed by atoms with van der Waals surface area (Å²) in [6, 6.07) is 4.65.